The largest absolute Gasteiger partial charge is 0.0735 e. The molecule has 0 heteroatoms. The standard InChI is InChI=1S/C10H18/c1-6-9(4)7-10(5)8(2)3/h7H,6H2,1-5H3/b9-7-. The van der Waals surface area contributed by atoms with E-state index in [1.165, 1.54) is 16.7 Å². The molecule has 0 nitrogen and oxygen atoms in total. The minimum atomic E-state index is 1.16. The second-order valence-electron chi connectivity index (χ2n) is 3.03. The quantitative estimate of drug-likeness (QED) is 0.510. The fraction of sp³-hybridized carbons (Fsp3) is 0.600. The second kappa shape index (κ2) is 4.32. The van der Waals surface area contributed by atoms with Gasteiger partial charge in [0.05, 0.1) is 0 Å². The summed E-state index contributed by atoms with van der Waals surface area (Å²) in [4.78, 5) is 0. The molecular formula is C10H18. The van der Waals surface area contributed by atoms with Crippen LogP contribution < -0.4 is 0 Å². The van der Waals surface area contributed by atoms with Gasteiger partial charge in [0, 0.05) is 0 Å². The highest BCUT2D eigenvalue weighted by molar-refractivity contribution is 5.24. The zero-order valence-corrected chi connectivity index (χ0v) is 7.78. The Bertz CT molecular complexity index is 155. The summed E-state index contributed by atoms with van der Waals surface area (Å²) in [5.74, 6) is 0. The maximum atomic E-state index is 2.26. The summed E-state index contributed by atoms with van der Waals surface area (Å²) in [5, 5.41) is 0. The molecule has 0 aromatic heterocycles. The SMILES string of the molecule is CC/C(C)=C\C(C)=C(C)C. The molecule has 0 fully saturated rings. The van der Waals surface area contributed by atoms with Crippen LogP contribution in [0.4, 0.5) is 0 Å². The lowest BCUT2D eigenvalue weighted by molar-refractivity contribution is 1.09. The van der Waals surface area contributed by atoms with Crippen LogP contribution in [0.15, 0.2) is 22.8 Å². The van der Waals surface area contributed by atoms with E-state index in [1.54, 1.807) is 0 Å². The Morgan fingerprint density at radius 2 is 1.60 bits per heavy atom. The van der Waals surface area contributed by atoms with Gasteiger partial charge in [-0.05, 0) is 34.1 Å². The molecular weight excluding hydrogens is 120 g/mol. The zero-order valence-electron chi connectivity index (χ0n) is 7.78. The lowest BCUT2D eigenvalue weighted by Crippen LogP contribution is -1.77. The third-order valence-electron chi connectivity index (χ3n) is 1.81. The third-order valence-corrected chi connectivity index (χ3v) is 1.81. The fourth-order valence-corrected chi connectivity index (χ4v) is 0.616. The first-order valence-corrected chi connectivity index (χ1v) is 3.89. The van der Waals surface area contributed by atoms with Gasteiger partial charge in [0.15, 0.2) is 0 Å². The molecule has 0 spiro atoms. The van der Waals surface area contributed by atoms with Crippen molar-refractivity contribution >= 4 is 0 Å². The van der Waals surface area contributed by atoms with Crippen molar-refractivity contribution in [1.82, 2.24) is 0 Å². The van der Waals surface area contributed by atoms with Gasteiger partial charge in [-0.15, -0.1) is 0 Å². The van der Waals surface area contributed by atoms with Crippen molar-refractivity contribution in [3.63, 3.8) is 0 Å². The van der Waals surface area contributed by atoms with Crippen LogP contribution in [0, 0.1) is 0 Å². The van der Waals surface area contributed by atoms with E-state index in [2.05, 4.69) is 40.7 Å². The number of hydrogen-bond donors (Lipinski definition) is 0. The lowest BCUT2D eigenvalue weighted by atomic mass is 10.1. The van der Waals surface area contributed by atoms with Crippen LogP contribution in [0.5, 0.6) is 0 Å². The van der Waals surface area contributed by atoms with E-state index >= 15 is 0 Å². The van der Waals surface area contributed by atoms with Crippen molar-refractivity contribution in [1.29, 1.82) is 0 Å². The first kappa shape index (κ1) is 9.48. The van der Waals surface area contributed by atoms with Gasteiger partial charge >= 0.3 is 0 Å². The highest BCUT2D eigenvalue weighted by Gasteiger charge is 1.87. The van der Waals surface area contributed by atoms with E-state index in [0.717, 1.165) is 6.42 Å². The van der Waals surface area contributed by atoms with Crippen molar-refractivity contribution < 1.29 is 0 Å². The van der Waals surface area contributed by atoms with Crippen LogP contribution >= 0.6 is 0 Å². The van der Waals surface area contributed by atoms with Crippen molar-refractivity contribution in [2.45, 2.75) is 41.0 Å². The summed E-state index contributed by atoms with van der Waals surface area (Å²) in [6.45, 7) is 10.8. The molecule has 0 heterocycles. The topological polar surface area (TPSA) is 0 Å². The number of allylic oxidation sites excluding steroid dienone is 4. The summed E-state index contributed by atoms with van der Waals surface area (Å²) < 4.78 is 0. The van der Waals surface area contributed by atoms with Crippen molar-refractivity contribution in [3.8, 4) is 0 Å². The molecule has 0 saturated carbocycles. The Balaban J connectivity index is 4.27. The first-order valence-electron chi connectivity index (χ1n) is 3.89. The summed E-state index contributed by atoms with van der Waals surface area (Å²) in [7, 11) is 0. The molecule has 0 radical (unpaired) electrons. The molecule has 0 N–H and O–H groups in total. The normalized spacial score (nSPS) is 11.5. The van der Waals surface area contributed by atoms with Crippen molar-refractivity contribution in [3.05, 3.63) is 22.8 Å². The van der Waals surface area contributed by atoms with E-state index in [-0.39, 0.29) is 0 Å². The molecule has 58 valence electrons. The molecule has 0 aromatic rings. The minimum absolute atomic E-state index is 1.16. The van der Waals surface area contributed by atoms with E-state index < -0.39 is 0 Å². The van der Waals surface area contributed by atoms with Gasteiger partial charge in [-0.2, -0.15) is 0 Å². The fourth-order valence-electron chi connectivity index (χ4n) is 0.616. The average Bonchev–Trinajstić information content (AvgIpc) is 1.87. The highest BCUT2D eigenvalue weighted by atomic mass is 13.9. The molecule has 0 amide bonds. The summed E-state index contributed by atoms with van der Waals surface area (Å²) in [5.41, 5.74) is 4.27. The van der Waals surface area contributed by atoms with Crippen LogP contribution in [0.1, 0.15) is 41.0 Å². The number of hydrogen-bond acceptors (Lipinski definition) is 0. The predicted molar refractivity (Wildman–Crippen MR) is 48.1 cm³/mol. The smallest absolute Gasteiger partial charge is 0.0348 e. The van der Waals surface area contributed by atoms with Gasteiger partial charge in [0.25, 0.3) is 0 Å². The van der Waals surface area contributed by atoms with E-state index in [4.69, 9.17) is 0 Å². The minimum Gasteiger partial charge on any atom is -0.0735 e. The van der Waals surface area contributed by atoms with Crippen LogP contribution in [-0.4, -0.2) is 0 Å². The van der Waals surface area contributed by atoms with Gasteiger partial charge in [0.1, 0.15) is 0 Å². The van der Waals surface area contributed by atoms with Gasteiger partial charge in [-0.1, -0.05) is 29.7 Å². The number of rotatable bonds is 2. The zero-order chi connectivity index (χ0) is 8.15. The van der Waals surface area contributed by atoms with Gasteiger partial charge in [-0.3, -0.25) is 0 Å². The van der Waals surface area contributed by atoms with Crippen molar-refractivity contribution in [2.75, 3.05) is 0 Å². The Kier molecular flexibility index (Phi) is 4.10. The van der Waals surface area contributed by atoms with Gasteiger partial charge in [-0.25, -0.2) is 0 Å². The molecule has 0 rings (SSSR count). The Morgan fingerprint density at radius 1 is 1.10 bits per heavy atom. The van der Waals surface area contributed by atoms with Gasteiger partial charge < -0.3 is 0 Å². The molecule has 0 aliphatic carbocycles. The monoisotopic (exact) mass is 138 g/mol. The third kappa shape index (κ3) is 3.49. The maximum absolute atomic E-state index is 2.26. The second-order valence-corrected chi connectivity index (χ2v) is 3.03. The Labute approximate surface area is 64.6 Å². The first-order chi connectivity index (χ1) is 4.57. The molecule has 0 saturated heterocycles. The van der Waals surface area contributed by atoms with Gasteiger partial charge in [0.2, 0.25) is 0 Å². The molecule has 10 heavy (non-hydrogen) atoms. The lowest BCUT2D eigenvalue weighted by Gasteiger charge is -1.98. The van der Waals surface area contributed by atoms with Crippen LogP contribution in [0.3, 0.4) is 0 Å². The van der Waals surface area contributed by atoms with Crippen molar-refractivity contribution in [2.24, 2.45) is 0 Å². The molecule has 0 atom stereocenters. The molecule has 0 bridgehead atoms. The Morgan fingerprint density at radius 3 is 1.90 bits per heavy atom. The van der Waals surface area contributed by atoms with E-state index in [1.807, 2.05) is 0 Å². The van der Waals surface area contributed by atoms with E-state index in [0.29, 0.717) is 0 Å². The average molecular weight is 138 g/mol. The summed E-state index contributed by atoms with van der Waals surface area (Å²) in [6.07, 6.45) is 3.42. The molecule has 0 aliphatic heterocycles. The summed E-state index contributed by atoms with van der Waals surface area (Å²) >= 11 is 0. The van der Waals surface area contributed by atoms with E-state index in [9.17, 15) is 0 Å². The summed E-state index contributed by atoms with van der Waals surface area (Å²) in [6, 6.07) is 0. The molecule has 0 aromatic carbocycles. The van der Waals surface area contributed by atoms with Crippen LogP contribution in [0.25, 0.3) is 0 Å². The molecule has 0 aliphatic rings. The predicted octanol–water partition coefficient (Wildman–Crippen LogP) is 3.70. The Hall–Kier alpha value is -0.520. The molecule has 0 unspecified atom stereocenters. The van der Waals surface area contributed by atoms with Crippen LogP contribution in [0.2, 0.25) is 0 Å². The van der Waals surface area contributed by atoms with Crippen LogP contribution in [-0.2, 0) is 0 Å². The maximum Gasteiger partial charge on any atom is -0.0348 e. The highest BCUT2D eigenvalue weighted by Crippen LogP contribution is 2.08.